The fourth-order valence-electron chi connectivity index (χ4n) is 1.78. The summed E-state index contributed by atoms with van der Waals surface area (Å²) in [5.41, 5.74) is 7.95. The van der Waals surface area contributed by atoms with Crippen molar-refractivity contribution in [3.05, 3.63) is 57.0 Å². The normalized spacial score (nSPS) is 12.3. The van der Waals surface area contributed by atoms with Gasteiger partial charge < -0.3 is 10.5 Å². The molecule has 1 unspecified atom stereocenters. The van der Waals surface area contributed by atoms with E-state index >= 15 is 0 Å². The van der Waals surface area contributed by atoms with Gasteiger partial charge in [-0.25, -0.2) is 0 Å². The van der Waals surface area contributed by atoms with E-state index in [2.05, 4.69) is 15.9 Å². The van der Waals surface area contributed by atoms with Gasteiger partial charge in [-0.05, 0) is 43.7 Å². The molecule has 0 aliphatic rings. The topological polar surface area (TPSA) is 35.2 Å². The maximum absolute atomic E-state index is 6.00. The lowest BCUT2D eigenvalue weighted by molar-refractivity contribution is 0.468. The van der Waals surface area contributed by atoms with Crippen molar-refractivity contribution in [3.63, 3.8) is 0 Å². The Balaban J connectivity index is 2.42. The molecule has 0 fully saturated rings. The van der Waals surface area contributed by atoms with Crippen molar-refractivity contribution < 1.29 is 4.74 Å². The summed E-state index contributed by atoms with van der Waals surface area (Å²) in [6.45, 7) is 3.91. The summed E-state index contributed by atoms with van der Waals surface area (Å²) < 4.78 is 6.92. The minimum atomic E-state index is -0.0948. The number of hydrogen-bond donors (Lipinski definition) is 1. The minimum absolute atomic E-state index is 0.0948. The molecule has 19 heavy (non-hydrogen) atoms. The quantitative estimate of drug-likeness (QED) is 0.831. The van der Waals surface area contributed by atoms with Crippen LogP contribution in [0.4, 0.5) is 0 Å². The average Bonchev–Trinajstić information content (AvgIpc) is 2.33. The molecule has 2 nitrogen and oxygen atoms in total. The number of hydrogen-bond acceptors (Lipinski definition) is 2. The van der Waals surface area contributed by atoms with Crippen LogP contribution in [-0.2, 0) is 0 Å². The van der Waals surface area contributed by atoms with Crippen LogP contribution in [0.2, 0.25) is 5.02 Å². The summed E-state index contributed by atoms with van der Waals surface area (Å²) >= 11 is 9.45. The monoisotopic (exact) mass is 339 g/mol. The standard InChI is InChI=1S/C15H15BrClNO/c1-9-3-5-12(17)8-14(9)19-15-7-11(16)4-6-13(15)10(2)18/h3-8,10H,18H2,1-2H3. The molecule has 0 aliphatic carbocycles. The van der Waals surface area contributed by atoms with Crippen molar-refractivity contribution in [1.29, 1.82) is 0 Å². The van der Waals surface area contributed by atoms with Crippen molar-refractivity contribution in [1.82, 2.24) is 0 Å². The first-order chi connectivity index (χ1) is 8.97. The van der Waals surface area contributed by atoms with E-state index in [1.54, 1.807) is 0 Å². The molecule has 0 saturated carbocycles. The molecule has 0 radical (unpaired) electrons. The lowest BCUT2D eigenvalue weighted by Crippen LogP contribution is -2.06. The third-order valence-electron chi connectivity index (χ3n) is 2.84. The van der Waals surface area contributed by atoms with E-state index in [4.69, 9.17) is 22.1 Å². The molecule has 0 saturated heterocycles. The van der Waals surface area contributed by atoms with E-state index in [1.807, 2.05) is 50.2 Å². The zero-order chi connectivity index (χ0) is 14.0. The number of benzene rings is 2. The highest BCUT2D eigenvalue weighted by molar-refractivity contribution is 9.10. The Hall–Kier alpha value is -1.03. The molecule has 2 aromatic carbocycles. The van der Waals surface area contributed by atoms with Crippen LogP contribution in [0.25, 0.3) is 0 Å². The number of nitrogens with two attached hydrogens (primary N) is 1. The smallest absolute Gasteiger partial charge is 0.133 e. The van der Waals surface area contributed by atoms with E-state index in [-0.39, 0.29) is 6.04 Å². The fourth-order valence-corrected chi connectivity index (χ4v) is 2.28. The van der Waals surface area contributed by atoms with Gasteiger partial charge in [-0.2, -0.15) is 0 Å². The Morgan fingerprint density at radius 2 is 1.89 bits per heavy atom. The number of aryl methyl sites for hydroxylation is 1. The highest BCUT2D eigenvalue weighted by atomic mass is 79.9. The third kappa shape index (κ3) is 3.50. The van der Waals surface area contributed by atoms with Crippen molar-refractivity contribution in [2.75, 3.05) is 0 Å². The second-order valence-corrected chi connectivity index (χ2v) is 5.83. The summed E-state index contributed by atoms with van der Waals surface area (Å²) in [7, 11) is 0. The largest absolute Gasteiger partial charge is 0.457 e. The second kappa shape index (κ2) is 5.95. The molecule has 100 valence electrons. The molecule has 0 bridgehead atoms. The minimum Gasteiger partial charge on any atom is -0.457 e. The first-order valence-electron chi connectivity index (χ1n) is 5.96. The highest BCUT2D eigenvalue weighted by Crippen LogP contribution is 2.34. The van der Waals surface area contributed by atoms with E-state index in [1.165, 1.54) is 0 Å². The van der Waals surface area contributed by atoms with Crippen molar-refractivity contribution in [3.8, 4) is 11.5 Å². The Morgan fingerprint density at radius 3 is 2.58 bits per heavy atom. The van der Waals surface area contributed by atoms with E-state index < -0.39 is 0 Å². The fraction of sp³-hybridized carbons (Fsp3) is 0.200. The summed E-state index contributed by atoms with van der Waals surface area (Å²) in [6, 6.07) is 11.3. The molecular weight excluding hydrogens is 326 g/mol. The molecule has 0 spiro atoms. The van der Waals surface area contributed by atoms with Crippen LogP contribution in [0.3, 0.4) is 0 Å². The zero-order valence-corrected chi connectivity index (χ0v) is 13.1. The lowest BCUT2D eigenvalue weighted by atomic mass is 10.1. The SMILES string of the molecule is Cc1ccc(Cl)cc1Oc1cc(Br)ccc1C(C)N. The van der Waals surface area contributed by atoms with Crippen LogP contribution in [0, 0.1) is 6.92 Å². The molecule has 2 rings (SSSR count). The molecule has 0 aliphatic heterocycles. The van der Waals surface area contributed by atoms with Gasteiger partial charge in [0.1, 0.15) is 11.5 Å². The third-order valence-corrected chi connectivity index (χ3v) is 3.56. The highest BCUT2D eigenvalue weighted by Gasteiger charge is 2.11. The first-order valence-corrected chi connectivity index (χ1v) is 7.13. The van der Waals surface area contributed by atoms with Gasteiger partial charge in [0, 0.05) is 21.1 Å². The number of ether oxygens (including phenoxy) is 1. The van der Waals surface area contributed by atoms with Crippen LogP contribution in [-0.4, -0.2) is 0 Å². The van der Waals surface area contributed by atoms with Gasteiger partial charge in [0.25, 0.3) is 0 Å². The summed E-state index contributed by atoms with van der Waals surface area (Å²) in [5.74, 6) is 1.49. The molecule has 0 amide bonds. The Kier molecular flexibility index (Phi) is 4.50. The molecule has 4 heteroatoms. The van der Waals surface area contributed by atoms with Crippen molar-refractivity contribution in [2.24, 2.45) is 5.73 Å². The predicted molar refractivity (Wildman–Crippen MR) is 83.0 cm³/mol. The molecular formula is C15H15BrClNO. The van der Waals surface area contributed by atoms with Gasteiger partial charge in [0.15, 0.2) is 0 Å². The molecule has 2 N–H and O–H groups in total. The van der Waals surface area contributed by atoms with Crippen LogP contribution >= 0.6 is 27.5 Å². The number of halogens is 2. The van der Waals surface area contributed by atoms with Crippen LogP contribution in [0.1, 0.15) is 24.1 Å². The van der Waals surface area contributed by atoms with Crippen molar-refractivity contribution in [2.45, 2.75) is 19.9 Å². The Labute approximate surface area is 126 Å². The van der Waals surface area contributed by atoms with Gasteiger partial charge >= 0.3 is 0 Å². The zero-order valence-electron chi connectivity index (χ0n) is 10.8. The van der Waals surface area contributed by atoms with Gasteiger partial charge in [0.2, 0.25) is 0 Å². The van der Waals surface area contributed by atoms with Crippen molar-refractivity contribution >= 4 is 27.5 Å². The van der Waals surface area contributed by atoms with Gasteiger partial charge in [-0.1, -0.05) is 39.7 Å². The maximum Gasteiger partial charge on any atom is 0.133 e. The lowest BCUT2D eigenvalue weighted by Gasteiger charge is -2.15. The van der Waals surface area contributed by atoms with Gasteiger partial charge in [-0.15, -0.1) is 0 Å². The molecule has 0 heterocycles. The summed E-state index contributed by atoms with van der Waals surface area (Å²) in [4.78, 5) is 0. The van der Waals surface area contributed by atoms with Crippen LogP contribution in [0.5, 0.6) is 11.5 Å². The maximum atomic E-state index is 6.00. The molecule has 2 aromatic rings. The average molecular weight is 341 g/mol. The summed E-state index contributed by atoms with van der Waals surface area (Å²) in [5, 5.41) is 0.651. The van der Waals surface area contributed by atoms with E-state index in [0.717, 1.165) is 27.1 Å². The Bertz CT molecular complexity index is 599. The van der Waals surface area contributed by atoms with Crippen LogP contribution in [0.15, 0.2) is 40.9 Å². The molecule has 0 aromatic heterocycles. The Morgan fingerprint density at radius 1 is 1.16 bits per heavy atom. The number of rotatable bonds is 3. The molecule has 1 atom stereocenters. The van der Waals surface area contributed by atoms with Crippen LogP contribution < -0.4 is 10.5 Å². The second-order valence-electron chi connectivity index (χ2n) is 4.48. The summed E-state index contributed by atoms with van der Waals surface area (Å²) in [6.07, 6.45) is 0. The van der Waals surface area contributed by atoms with Gasteiger partial charge in [0.05, 0.1) is 0 Å². The predicted octanol–water partition coefficient (Wildman–Crippen LogP) is 5.22. The van der Waals surface area contributed by atoms with Gasteiger partial charge in [-0.3, -0.25) is 0 Å². The van der Waals surface area contributed by atoms with E-state index in [0.29, 0.717) is 5.02 Å². The first kappa shape index (κ1) is 14.4. The van der Waals surface area contributed by atoms with E-state index in [9.17, 15) is 0 Å².